The third-order valence-corrected chi connectivity index (χ3v) is 5.46. The first-order valence-corrected chi connectivity index (χ1v) is 8.62. The average molecular weight is 364 g/mol. The third-order valence-electron chi connectivity index (χ3n) is 2.77. The molecule has 1 rings (SSSR count). The summed E-state index contributed by atoms with van der Waals surface area (Å²) in [6.45, 7) is 3.14. The molecular weight excluding hydrogens is 346 g/mol. The fourth-order valence-corrected chi connectivity index (χ4v) is 3.58. The van der Waals surface area contributed by atoms with Gasteiger partial charge in [-0.2, -0.15) is 4.31 Å². The molecule has 0 unspecified atom stereocenters. The van der Waals surface area contributed by atoms with Gasteiger partial charge in [-0.25, -0.2) is 8.42 Å². The summed E-state index contributed by atoms with van der Waals surface area (Å²) in [4.78, 5) is 11.5. The van der Waals surface area contributed by atoms with Gasteiger partial charge < -0.3 is 4.74 Å². The van der Waals surface area contributed by atoms with E-state index in [1.807, 2.05) is 0 Å². The number of benzene rings is 1. The lowest BCUT2D eigenvalue weighted by molar-refractivity contribution is -0.141. The van der Waals surface area contributed by atoms with Gasteiger partial charge in [0, 0.05) is 11.4 Å². The van der Waals surface area contributed by atoms with Gasteiger partial charge in [-0.05, 0) is 31.5 Å². The quantitative estimate of drug-likeness (QED) is 0.573. The Hall–Kier alpha value is -0.920. The van der Waals surface area contributed by atoms with Crippen molar-refractivity contribution in [2.24, 2.45) is 0 Å². The summed E-state index contributed by atoms with van der Waals surface area (Å²) in [5.74, 6) is -0.584. The highest BCUT2D eigenvalue weighted by atomic mass is 79.9. The molecule has 0 N–H and O–H groups in total. The maximum atomic E-state index is 12.5. The van der Waals surface area contributed by atoms with Crippen LogP contribution in [0, 0.1) is 0 Å². The van der Waals surface area contributed by atoms with Gasteiger partial charge in [-0.1, -0.05) is 28.1 Å². The summed E-state index contributed by atoms with van der Waals surface area (Å²) in [7, 11) is -2.48. The molecule has 0 aliphatic heterocycles. The van der Waals surface area contributed by atoms with Crippen LogP contribution in [0.25, 0.3) is 0 Å². The molecule has 0 heterocycles. The number of nitrogens with zero attached hydrogens (tertiary/aromatic N) is 1. The molecule has 0 amide bonds. The van der Waals surface area contributed by atoms with Crippen molar-refractivity contribution in [3.8, 4) is 0 Å². The molecule has 0 radical (unpaired) electrons. The van der Waals surface area contributed by atoms with E-state index in [4.69, 9.17) is 0 Å². The predicted octanol–water partition coefficient (Wildman–Crippen LogP) is 2.15. The molecule has 0 spiro atoms. The van der Waals surface area contributed by atoms with Crippen LogP contribution < -0.4 is 0 Å². The van der Waals surface area contributed by atoms with Gasteiger partial charge >= 0.3 is 5.97 Å². The summed E-state index contributed by atoms with van der Waals surface area (Å²) in [6, 6.07) is 6.21. The lowest BCUT2D eigenvalue weighted by Crippen LogP contribution is -2.40. The molecule has 0 atom stereocenters. The molecule has 0 aliphatic carbocycles. The van der Waals surface area contributed by atoms with Crippen molar-refractivity contribution in [1.82, 2.24) is 4.31 Å². The SMILES string of the molecule is COC(=O)CN(C(C)C)S(=O)(=O)c1ccc(CBr)cc1. The fraction of sp³-hybridized carbons (Fsp3) is 0.462. The van der Waals surface area contributed by atoms with Crippen molar-refractivity contribution < 1.29 is 17.9 Å². The van der Waals surface area contributed by atoms with Gasteiger partial charge in [0.15, 0.2) is 0 Å². The molecule has 0 bridgehead atoms. The number of carbonyl (C=O) groups excluding carboxylic acids is 1. The first-order chi connectivity index (χ1) is 9.32. The second-order valence-electron chi connectivity index (χ2n) is 4.50. The van der Waals surface area contributed by atoms with Crippen LogP contribution in [0.5, 0.6) is 0 Å². The number of esters is 1. The molecule has 112 valence electrons. The Morgan fingerprint density at radius 3 is 2.25 bits per heavy atom. The van der Waals surface area contributed by atoms with E-state index >= 15 is 0 Å². The molecule has 20 heavy (non-hydrogen) atoms. The van der Waals surface area contributed by atoms with Crippen molar-refractivity contribution in [2.75, 3.05) is 13.7 Å². The minimum atomic E-state index is -3.71. The van der Waals surface area contributed by atoms with Crippen LogP contribution >= 0.6 is 15.9 Å². The van der Waals surface area contributed by atoms with E-state index in [1.165, 1.54) is 7.11 Å². The van der Waals surface area contributed by atoms with Crippen LogP contribution in [0.15, 0.2) is 29.2 Å². The standard InChI is InChI=1S/C13H18BrNO4S/c1-10(2)15(9-13(16)19-3)20(17,18)12-6-4-11(8-14)5-7-12/h4-7,10H,8-9H2,1-3H3. The maximum Gasteiger partial charge on any atom is 0.321 e. The van der Waals surface area contributed by atoms with Crippen LogP contribution in [0.1, 0.15) is 19.4 Å². The minimum Gasteiger partial charge on any atom is -0.468 e. The highest BCUT2D eigenvalue weighted by Gasteiger charge is 2.29. The molecule has 1 aromatic carbocycles. The summed E-state index contributed by atoms with van der Waals surface area (Å²) in [5.41, 5.74) is 0.980. The lowest BCUT2D eigenvalue weighted by Gasteiger charge is -2.24. The van der Waals surface area contributed by atoms with Gasteiger partial charge in [-0.3, -0.25) is 4.79 Å². The van der Waals surface area contributed by atoms with Gasteiger partial charge in [0.25, 0.3) is 0 Å². The van der Waals surface area contributed by atoms with Crippen molar-refractivity contribution in [3.63, 3.8) is 0 Å². The van der Waals surface area contributed by atoms with Crippen LogP contribution in [0.3, 0.4) is 0 Å². The van der Waals surface area contributed by atoms with Gasteiger partial charge in [0.05, 0.1) is 12.0 Å². The van der Waals surface area contributed by atoms with Crippen LogP contribution in [0.4, 0.5) is 0 Å². The van der Waals surface area contributed by atoms with Gasteiger partial charge in [0.1, 0.15) is 6.54 Å². The highest BCUT2D eigenvalue weighted by molar-refractivity contribution is 9.08. The summed E-state index contributed by atoms with van der Waals surface area (Å²) >= 11 is 3.31. The van der Waals surface area contributed by atoms with Gasteiger partial charge in [0.2, 0.25) is 10.0 Å². The number of sulfonamides is 1. The Bertz CT molecular complexity index is 554. The van der Waals surface area contributed by atoms with E-state index in [1.54, 1.807) is 38.1 Å². The first kappa shape index (κ1) is 17.1. The van der Waals surface area contributed by atoms with Gasteiger partial charge in [-0.15, -0.1) is 0 Å². The Balaban J connectivity index is 3.11. The van der Waals surface area contributed by atoms with Crippen molar-refractivity contribution in [1.29, 1.82) is 0 Å². The molecule has 0 aromatic heterocycles. The number of carbonyl (C=O) groups is 1. The molecule has 0 saturated heterocycles. The minimum absolute atomic E-state index is 0.166. The number of methoxy groups -OCH3 is 1. The maximum absolute atomic E-state index is 12.5. The Kier molecular flexibility index (Phi) is 6.16. The number of alkyl halides is 1. The van der Waals surface area contributed by atoms with E-state index < -0.39 is 16.0 Å². The van der Waals surface area contributed by atoms with Crippen LogP contribution in [-0.4, -0.2) is 38.4 Å². The number of ether oxygens (including phenoxy) is 1. The zero-order valence-electron chi connectivity index (χ0n) is 11.7. The Labute approximate surface area is 128 Å². The monoisotopic (exact) mass is 363 g/mol. The van der Waals surface area contributed by atoms with E-state index in [2.05, 4.69) is 20.7 Å². The molecule has 0 saturated carbocycles. The van der Waals surface area contributed by atoms with Crippen molar-refractivity contribution >= 4 is 31.9 Å². The third kappa shape index (κ3) is 4.04. The second kappa shape index (κ2) is 7.19. The van der Waals surface area contributed by atoms with Crippen LogP contribution in [-0.2, 0) is 24.9 Å². The summed E-state index contributed by atoms with van der Waals surface area (Å²) in [6.07, 6.45) is 0. The lowest BCUT2D eigenvalue weighted by atomic mass is 10.2. The smallest absolute Gasteiger partial charge is 0.321 e. The van der Waals surface area contributed by atoms with E-state index in [-0.39, 0.29) is 17.5 Å². The highest BCUT2D eigenvalue weighted by Crippen LogP contribution is 2.19. The zero-order valence-corrected chi connectivity index (χ0v) is 14.1. The van der Waals surface area contributed by atoms with E-state index in [0.29, 0.717) is 5.33 Å². The first-order valence-electron chi connectivity index (χ1n) is 6.06. The number of halogens is 1. The van der Waals surface area contributed by atoms with Crippen molar-refractivity contribution in [3.05, 3.63) is 29.8 Å². The van der Waals surface area contributed by atoms with Crippen LogP contribution in [0.2, 0.25) is 0 Å². The number of rotatable bonds is 6. The molecule has 1 aromatic rings. The fourth-order valence-electron chi connectivity index (χ4n) is 1.62. The summed E-state index contributed by atoms with van der Waals surface area (Å²) < 4.78 is 30.7. The largest absolute Gasteiger partial charge is 0.468 e. The Morgan fingerprint density at radius 1 is 1.30 bits per heavy atom. The number of hydrogen-bond donors (Lipinski definition) is 0. The normalized spacial score (nSPS) is 11.9. The van der Waals surface area contributed by atoms with E-state index in [0.717, 1.165) is 9.87 Å². The molecular formula is C13H18BrNO4S. The topological polar surface area (TPSA) is 63.7 Å². The summed E-state index contributed by atoms with van der Waals surface area (Å²) in [5, 5.41) is 0.656. The second-order valence-corrected chi connectivity index (χ2v) is 6.95. The van der Waals surface area contributed by atoms with E-state index in [9.17, 15) is 13.2 Å². The average Bonchev–Trinajstić information content (AvgIpc) is 2.43. The predicted molar refractivity (Wildman–Crippen MR) is 80.1 cm³/mol. The Morgan fingerprint density at radius 2 is 1.85 bits per heavy atom. The molecule has 0 aliphatic rings. The molecule has 7 heteroatoms. The van der Waals surface area contributed by atoms with Crippen molar-refractivity contribution in [2.45, 2.75) is 30.1 Å². The number of hydrogen-bond acceptors (Lipinski definition) is 4. The zero-order chi connectivity index (χ0) is 15.3. The molecule has 5 nitrogen and oxygen atoms in total. The molecule has 0 fully saturated rings.